The zero-order valence-corrected chi connectivity index (χ0v) is 51.1. The van der Waals surface area contributed by atoms with Crippen molar-refractivity contribution >= 4 is 70.3 Å². The first-order valence-electron chi connectivity index (χ1n) is 29.3. The standard InChI is InChI=1S/C60H83N9O17S/c1-9-32(3)47(57(79)67(6)40(10-2)34(5)51(84-8)56-65-39(31-87-56)53(76)63-37(26-33(4)58(80)81)27-35-16-12-11-13-17-35)66-55(78)42-18-14-15-25-69(42,7)30-36-19-20-43(85-60-50(75)48(73)49(74)52(86-60)59(82)83)38(28-36)64-44(70)23-24-62-54(77)41(29-61)68-45(71)21-22-46(68)72/h11-13,16-17,19-22,28,31-34,37,40-42,47-52,60,73-75H,9-10,14-15,18,23-27,29-30,61H2,1-8H3,(H5-,62,63,64,66,70,76,77,78,80,81,82,83)/p+1/t32-,33-,34?,37+,40+,41?,42+,47-,48-,49-,50+,51?,52-,60+,69?/m0/s1. The summed E-state index contributed by atoms with van der Waals surface area (Å²) in [5, 5.41) is 64.6. The van der Waals surface area contributed by atoms with Crippen LogP contribution in [0.25, 0.3) is 0 Å². The van der Waals surface area contributed by atoms with Crippen molar-refractivity contribution in [2.24, 2.45) is 23.5 Å². The molecule has 6 rings (SSSR count). The molecule has 2 fully saturated rings. The predicted molar refractivity (Wildman–Crippen MR) is 316 cm³/mol. The van der Waals surface area contributed by atoms with Gasteiger partial charge < -0.3 is 76.1 Å². The quantitative estimate of drug-likeness (QED) is 0.0336. The number of hydrogen-bond donors (Lipinski definition) is 10. The van der Waals surface area contributed by atoms with E-state index in [1.807, 2.05) is 65.1 Å². The number of aromatic nitrogens is 1. The number of aliphatic hydroxyl groups is 3. The average molecular weight is 1240 g/mol. The topological polar surface area (TPSA) is 376 Å². The van der Waals surface area contributed by atoms with Gasteiger partial charge in [0.25, 0.3) is 23.6 Å². The van der Waals surface area contributed by atoms with Crippen LogP contribution in [0.3, 0.4) is 0 Å². The molecular weight excluding hydrogens is 1150 g/mol. The molecule has 87 heavy (non-hydrogen) atoms. The number of quaternary nitrogens is 1. The van der Waals surface area contributed by atoms with E-state index in [0.29, 0.717) is 54.1 Å². The smallest absolute Gasteiger partial charge is 0.335 e. The van der Waals surface area contributed by atoms with Gasteiger partial charge in [0.1, 0.15) is 59.5 Å². The minimum absolute atomic E-state index is 0.0232. The number of nitrogens with one attached hydrogen (secondary N) is 4. The minimum Gasteiger partial charge on any atom is -0.481 e. The molecular formula is C60H84N9O17S+. The highest BCUT2D eigenvalue weighted by molar-refractivity contribution is 7.09. The first-order valence-corrected chi connectivity index (χ1v) is 30.2. The van der Waals surface area contributed by atoms with E-state index in [9.17, 15) is 68.7 Å². The van der Waals surface area contributed by atoms with Gasteiger partial charge in [-0.15, -0.1) is 11.3 Å². The van der Waals surface area contributed by atoms with Crippen molar-refractivity contribution in [3.8, 4) is 5.75 Å². The van der Waals surface area contributed by atoms with Crippen LogP contribution in [0.5, 0.6) is 5.75 Å². The van der Waals surface area contributed by atoms with E-state index < -0.39 is 121 Å². The van der Waals surface area contributed by atoms with Gasteiger partial charge in [0.2, 0.25) is 24.0 Å². The van der Waals surface area contributed by atoms with E-state index in [1.165, 1.54) is 24.5 Å². The molecule has 0 radical (unpaired) electrons. The fraction of sp³-hybridized carbons (Fsp3) is 0.567. The second-order valence-electron chi connectivity index (χ2n) is 23.0. The molecule has 4 heterocycles. The second kappa shape index (κ2) is 31.1. The summed E-state index contributed by atoms with van der Waals surface area (Å²) in [4.78, 5) is 126. The highest BCUT2D eigenvalue weighted by atomic mass is 32.1. The zero-order chi connectivity index (χ0) is 64.0. The summed E-state index contributed by atoms with van der Waals surface area (Å²) in [6.45, 7) is 9.35. The molecule has 2 saturated heterocycles. The Hall–Kier alpha value is -7.24. The Morgan fingerprint density at radius 1 is 0.920 bits per heavy atom. The Morgan fingerprint density at radius 2 is 1.61 bits per heavy atom. The van der Waals surface area contributed by atoms with Crippen LogP contribution in [0, 0.1) is 17.8 Å². The molecule has 11 N–H and O–H groups in total. The largest absolute Gasteiger partial charge is 0.481 e. The molecule has 0 saturated carbocycles. The number of aliphatic carboxylic acids is 2. The summed E-state index contributed by atoms with van der Waals surface area (Å²) >= 11 is 1.24. The summed E-state index contributed by atoms with van der Waals surface area (Å²) < 4.78 is 17.5. The highest BCUT2D eigenvalue weighted by Gasteiger charge is 2.49. The minimum atomic E-state index is -2.01. The Morgan fingerprint density at radius 3 is 2.23 bits per heavy atom. The van der Waals surface area contributed by atoms with Gasteiger partial charge in [-0.2, -0.15) is 0 Å². The van der Waals surface area contributed by atoms with Crippen LogP contribution in [0.4, 0.5) is 5.69 Å². The van der Waals surface area contributed by atoms with Crippen LogP contribution < -0.4 is 31.7 Å². The number of carboxylic acid groups (broad SMARTS) is 2. The van der Waals surface area contributed by atoms with Crippen LogP contribution >= 0.6 is 11.3 Å². The molecule has 3 aliphatic heterocycles. The van der Waals surface area contributed by atoms with Crippen LogP contribution in [-0.2, 0) is 60.8 Å². The number of nitrogens with two attached hydrogens (primary N) is 1. The third kappa shape index (κ3) is 17.1. The van der Waals surface area contributed by atoms with E-state index in [2.05, 4.69) is 21.3 Å². The highest BCUT2D eigenvalue weighted by Crippen LogP contribution is 2.36. The van der Waals surface area contributed by atoms with Crippen molar-refractivity contribution in [3.05, 3.63) is 87.9 Å². The van der Waals surface area contributed by atoms with Gasteiger partial charge in [-0.3, -0.25) is 43.3 Å². The van der Waals surface area contributed by atoms with E-state index in [4.69, 9.17) is 24.9 Å². The molecule has 0 spiro atoms. The lowest BCUT2D eigenvalue weighted by atomic mass is 9.90. The lowest BCUT2D eigenvalue weighted by Gasteiger charge is -2.45. The maximum atomic E-state index is 14.9. The van der Waals surface area contributed by atoms with E-state index >= 15 is 0 Å². The molecule has 3 aromatic rings. The summed E-state index contributed by atoms with van der Waals surface area (Å²) in [7, 11) is 5.14. The van der Waals surface area contributed by atoms with Gasteiger partial charge in [-0.25, -0.2) is 9.78 Å². The number of anilines is 1. The van der Waals surface area contributed by atoms with E-state index in [0.717, 1.165) is 24.1 Å². The first kappa shape index (κ1) is 68.9. The second-order valence-corrected chi connectivity index (χ2v) is 23.9. The zero-order valence-electron chi connectivity index (χ0n) is 50.3. The van der Waals surface area contributed by atoms with Gasteiger partial charge in [0.15, 0.2) is 12.1 Å². The van der Waals surface area contributed by atoms with Crippen LogP contribution in [0.1, 0.15) is 112 Å². The van der Waals surface area contributed by atoms with Gasteiger partial charge >= 0.3 is 11.9 Å². The molecule has 27 heteroatoms. The molecule has 2 aromatic carbocycles. The van der Waals surface area contributed by atoms with Crippen molar-refractivity contribution in [1.82, 2.24) is 30.7 Å². The predicted octanol–water partition coefficient (Wildman–Crippen LogP) is 1.85. The number of thiazole rings is 1. The number of benzene rings is 2. The Bertz CT molecular complexity index is 2950. The number of ether oxygens (including phenoxy) is 3. The van der Waals surface area contributed by atoms with E-state index in [-0.39, 0.29) is 71.2 Å². The number of piperidine rings is 1. The molecule has 15 atom stereocenters. The molecule has 1 aromatic heterocycles. The van der Waals surface area contributed by atoms with Crippen LogP contribution in [0.2, 0.25) is 0 Å². The van der Waals surface area contributed by atoms with Crippen LogP contribution in [-0.4, -0.2) is 200 Å². The number of rotatable bonds is 30. The summed E-state index contributed by atoms with van der Waals surface area (Å²) in [5.41, 5.74) is 7.38. The molecule has 0 aliphatic carbocycles. The first-order chi connectivity index (χ1) is 41.3. The van der Waals surface area contributed by atoms with Crippen molar-refractivity contribution < 1.29 is 87.4 Å². The number of nitrogens with zero attached hydrogens (tertiary/aromatic N) is 4. The van der Waals surface area contributed by atoms with Gasteiger partial charge in [0, 0.05) is 81.2 Å². The lowest BCUT2D eigenvalue weighted by molar-refractivity contribution is -0.942. The molecule has 3 aliphatic rings. The number of imide groups is 1. The van der Waals surface area contributed by atoms with Gasteiger partial charge in [0.05, 0.1) is 25.2 Å². The normalized spacial score (nSPS) is 23.9. The number of likely N-dealkylation sites (N-methyl/N-ethyl adjacent to an activating group) is 2. The lowest BCUT2D eigenvalue weighted by Crippen LogP contribution is -2.63. The van der Waals surface area contributed by atoms with Crippen LogP contribution in [0.15, 0.2) is 66.1 Å². The number of aliphatic hydroxyl groups excluding tert-OH is 3. The summed E-state index contributed by atoms with van der Waals surface area (Å²) in [6.07, 6.45) is -5.28. The fourth-order valence-electron chi connectivity index (χ4n) is 11.6. The van der Waals surface area contributed by atoms with Crippen molar-refractivity contribution in [3.63, 3.8) is 0 Å². The molecule has 7 amide bonds. The Balaban J connectivity index is 1.18. The third-order valence-corrected chi connectivity index (χ3v) is 17.7. The molecule has 0 bridgehead atoms. The Labute approximate surface area is 509 Å². The van der Waals surface area contributed by atoms with Crippen molar-refractivity contribution in [1.29, 1.82) is 0 Å². The van der Waals surface area contributed by atoms with Crippen molar-refractivity contribution in [2.45, 2.75) is 160 Å². The number of amides is 7. The molecule has 26 nitrogen and oxygen atoms in total. The number of hydrogen-bond acceptors (Lipinski definition) is 18. The monoisotopic (exact) mass is 1230 g/mol. The number of carboxylic acids is 2. The summed E-state index contributed by atoms with van der Waals surface area (Å²) in [5.74, 6) is -8.23. The van der Waals surface area contributed by atoms with E-state index in [1.54, 1.807) is 36.4 Å². The number of likely N-dealkylation sites (tertiary alicyclic amines) is 1. The number of methoxy groups -OCH3 is 1. The maximum Gasteiger partial charge on any atom is 0.335 e. The molecule has 476 valence electrons. The fourth-order valence-corrected chi connectivity index (χ4v) is 12.6. The SMILES string of the molecule is CC[C@H](C(C)C(OC)c1nc(C(=O)N[C@@H](Cc2ccccc2)C[C@H](C)C(=O)O)cs1)N(C)C(=O)[C@@H](NC(=O)[C@H]1CCCC[N+]1(C)Cc1ccc(O[C@@H]2O[C@H](C(=O)O)[C@@H](O)[C@H](O)[C@H]2O)c(NC(=O)CCNC(=O)C(CN)N2C(=O)C=CC2=O)c1)[C@@H](C)CC. The average Bonchev–Trinajstić information content (AvgIpc) is 3.09. The maximum absolute atomic E-state index is 14.9. The van der Waals surface area contributed by atoms with Gasteiger partial charge in [-0.1, -0.05) is 71.4 Å². The van der Waals surface area contributed by atoms with Gasteiger partial charge in [-0.05, 0) is 61.8 Å². The molecule has 4 unspecified atom stereocenters. The van der Waals surface area contributed by atoms with Crippen molar-refractivity contribution in [2.75, 3.05) is 46.2 Å². The number of carbonyl (C=O) groups excluding carboxylic acids is 7. The Kier molecular flexibility index (Phi) is 24.6. The third-order valence-electron chi connectivity index (χ3n) is 16.8. The number of carbonyl (C=O) groups is 9. The summed E-state index contributed by atoms with van der Waals surface area (Å²) in [6, 6.07) is 10.2.